The lowest BCUT2D eigenvalue weighted by molar-refractivity contribution is -0.0236. The van der Waals surface area contributed by atoms with Crippen molar-refractivity contribution in [2.75, 3.05) is 6.61 Å². The van der Waals surface area contributed by atoms with Gasteiger partial charge in [-0.15, -0.1) is 0 Å². The van der Waals surface area contributed by atoms with Gasteiger partial charge in [-0.3, -0.25) is 4.57 Å². The van der Waals surface area contributed by atoms with E-state index in [1.165, 1.54) is 11.9 Å². The molecule has 2 aromatic rings. The summed E-state index contributed by atoms with van der Waals surface area (Å²) in [5.41, 5.74) is -0.275. The zero-order valence-corrected chi connectivity index (χ0v) is 21.0. The van der Waals surface area contributed by atoms with Gasteiger partial charge >= 0.3 is 0 Å². The van der Waals surface area contributed by atoms with Gasteiger partial charge in [-0.2, -0.15) is 4.98 Å². The summed E-state index contributed by atoms with van der Waals surface area (Å²) in [5, 5.41) is 9.90. The predicted molar refractivity (Wildman–Crippen MR) is 128 cm³/mol. The van der Waals surface area contributed by atoms with Crippen molar-refractivity contribution in [1.82, 2.24) is 19.5 Å². The van der Waals surface area contributed by atoms with E-state index in [1.807, 2.05) is 4.57 Å². The molecule has 0 amide bonds. The monoisotopic (exact) mass is 496 g/mol. The van der Waals surface area contributed by atoms with E-state index in [4.69, 9.17) is 25.6 Å². The number of ether oxygens (including phenoxy) is 1. The number of hydrogen-bond acceptors (Lipinski definition) is 9. The van der Waals surface area contributed by atoms with Gasteiger partial charge in [0.25, 0.3) is 0 Å². The molecule has 0 spiro atoms. The second kappa shape index (κ2) is 8.32. The third-order valence-corrected chi connectivity index (χ3v) is 12.9. The average molecular weight is 497 g/mol. The summed E-state index contributed by atoms with van der Waals surface area (Å²) in [4.78, 5) is 12.3. The fourth-order valence-corrected chi connectivity index (χ4v) is 12.0. The predicted octanol–water partition coefficient (Wildman–Crippen LogP) is 4.96. The van der Waals surface area contributed by atoms with E-state index < -0.39 is 5.69 Å². The Morgan fingerprint density at radius 2 is 2.25 bits per heavy atom. The molecule has 0 bridgehead atoms. The number of fused-ring (bicyclic) bond motifs is 2. The Hall–Kier alpha value is -1.03. The number of imidazole rings is 1. The third kappa shape index (κ3) is 4.03. The lowest BCUT2D eigenvalue weighted by Gasteiger charge is -2.37. The van der Waals surface area contributed by atoms with Gasteiger partial charge in [-0.1, -0.05) is 30.5 Å². The first-order valence-electron chi connectivity index (χ1n) is 11.0. The molecule has 3 aliphatic rings. The van der Waals surface area contributed by atoms with Gasteiger partial charge in [-0.25, -0.2) is 9.97 Å². The van der Waals surface area contributed by atoms with E-state index in [1.54, 1.807) is 17.7 Å². The summed E-state index contributed by atoms with van der Waals surface area (Å²) < 4.78 is 20.9. The highest BCUT2D eigenvalue weighted by Gasteiger charge is 2.53. The molecule has 5 rings (SSSR count). The van der Waals surface area contributed by atoms with Crippen molar-refractivity contribution < 1.29 is 18.9 Å². The molecule has 1 saturated carbocycles. The number of hydrogen-bond donors (Lipinski definition) is 1. The first kappa shape index (κ1) is 22.7. The Morgan fingerprint density at radius 1 is 1.44 bits per heavy atom. The first-order chi connectivity index (χ1) is 15.2. The molecule has 4 heterocycles. The van der Waals surface area contributed by atoms with Crippen LogP contribution in [0.1, 0.15) is 52.7 Å². The van der Waals surface area contributed by atoms with Crippen molar-refractivity contribution in [3.63, 3.8) is 0 Å². The number of nitrogens with zero attached hydrogens (tertiary/aromatic N) is 4. The maximum absolute atomic E-state index is 9.90. The molecule has 2 saturated heterocycles. The minimum atomic E-state index is -2.43. The van der Waals surface area contributed by atoms with Gasteiger partial charge in [0.2, 0.25) is 11.6 Å². The molecule has 7 atom stereocenters. The first-order valence-corrected chi connectivity index (χ1v) is 15.0. The van der Waals surface area contributed by atoms with Gasteiger partial charge in [0.1, 0.15) is 12.6 Å². The zero-order chi connectivity index (χ0) is 22.7. The summed E-state index contributed by atoms with van der Waals surface area (Å²) in [6, 6.07) is 0. The quantitative estimate of drug-likeness (QED) is 0.455. The SMILES string of the molecule is C=C(C)[C@H]1CC[C@@]2(C)S[P@](=S)(OC[C@H]3O[C@@H](n4cnc5c(O)ncnc54)C[C@@H]3C)O[C@@H]2C1. The van der Waals surface area contributed by atoms with Gasteiger partial charge in [0.15, 0.2) is 11.2 Å². The highest BCUT2D eigenvalue weighted by atomic mass is 32.9. The number of aromatic hydroxyl groups is 1. The molecule has 3 fully saturated rings. The van der Waals surface area contributed by atoms with E-state index in [9.17, 15) is 5.11 Å². The van der Waals surface area contributed by atoms with Crippen LogP contribution in [0.15, 0.2) is 24.8 Å². The Bertz CT molecular complexity index is 1100. The molecule has 1 aliphatic carbocycles. The number of rotatable bonds is 5. The zero-order valence-electron chi connectivity index (χ0n) is 18.5. The minimum Gasteiger partial charge on any atom is -0.492 e. The molecule has 11 heteroatoms. The van der Waals surface area contributed by atoms with Crippen LogP contribution in [-0.2, 0) is 25.6 Å². The molecule has 32 heavy (non-hydrogen) atoms. The third-order valence-electron chi connectivity index (χ3n) is 7.03. The Balaban J connectivity index is 1.24. The van der Waals surface area contributed by atoms with Crippen molar-refractivity contribution >= 4 is 40.0 Å². The molecule has 174 valence electrons. The molecular formula is C21H29N4O4PS2. The average Bonchev–Trinajstić information content (AvgIpc) is 3.39. The summed E-state index contributed by atoms with van der Waals surface area (Å²) in [6.45, 7) is 11.1. The van der Waals surface area contributed by atoms with Crippen molar-refractivity contribution in [3.8, 4) is 5.88 Å². The standard InChI is InChI=1S/C21H29N4O4PS2/c1-12(2)14-5-6-21(4)16(8-14)29-30(31,32-21)27-9-15-13(3)7-17(28-15)25-11-24-18-19(25)22-10-23-20(18)26/h10-11,13-17H,1,5-9H2,2-4H3,(H,22,23,26)/t13-,14-,15+,16+,17+,21+,30+/m0/s1. The van der Waals surface area contributed by atoms with Crippen molar-refractivity contribution in [2.45, 2.75) is 69.6 Å². The fraction of sp³-hybridized carbons (Fsp3) is 0.667. The van der Waals surface area contributed by atoms with Crippen molar-refractivity contribution in [1.29, 1.82) is 0 Å². The molecular weight excluding hydrogens is 467 g/mol. The van der Waals surface area contributed by atoms with Crippen LogP contribution in [0, 0.1) is 11.8 Å². The van der Waals surface area contributed by atoms with Crippen LogP contribution in [0.25, 0.3) is 11.2 Å². The van der Waals surface area contributed by atoms with E-state index in [0.29, 0.717) is 23.7 Å². The van der Waals surface area contributed by atoms with E-state index in [-0.39, 0.29) is 35.0 Å². The van der Waals surface area contributed by atoms with E-state index >= 15 is 0 Å². The largest absolute Gasteiger partial charge is 0.492 e. The summed E-state index contributed by atoms with van der Waals surface area (Å²) in [6.07, 6.45) is 6.73. The van der Waals surface area contributed by atoms with Gasteiger partial charge < -0.3 is 18.9 Å². The molecule has 8 nitrogen and oxygen atoms in total. The van der Waals surface area contributed by atoms with Gasteiger partial charge in [-0.05, 0) is 63.2 Å². The lowest BCUT2D eigenvalue weighted by Crippen LogP contribution is -2.39. The second-order valence-electron chi connectivity index (χ2n) is 9.42. The van der Waals surface area contributed by atoms with Crippen LogP contribution >= 0.6 is 17.1 Å². The Labute approximate surface area is 197 Å². The highest BCUT2D eigenvalue weighted by Crippen LogP contribution is 2.75. The van der Waals surface area contributed by atoms with Crippen LogP contribution in [-0.4, -0.2) is 48.2 Å². The summed E-state index contributed by atoms with van der Waals surface area (Å²) in [7, 11) is 0. The topological polar surface area (TPSA) is 91.5 Å². The van der Waals surface area contributed by atoms with Crippen molar-refractivity contribution in [3.05, 3.63) is 24.8 Å². The van der Waals surface area contributed by atoms with Crippen molar-refractivity contribution in [2.24, 2.45) is 11.8 Å². The lowest BCUT2D eigenvalue weighted by atomic mass is 9.77. The molecule has 2 aromatic heterocycles. The molecule has 0 radical (unpaired) electrons. The molecule has 0 unspecified atom stereocenters. The molecule has 0 aromatic carbocycles. The molecule has 2 aliphatic heterocycles. The van der Waals surface area contributed by atoms with Gasteiger partial charge in [0, 0.05) is 4.75 Å². The summed E-state index contributed by atoms with van der Waals surface area (Å²) in [5.74, 6) is 0.645. The highest BCUT2D eigenvalue weighted by molar-refractivity contribution is 8.68. The van der Waals surface area contributed by atoms with Crippen LogP contribution in [0.4, 0.5) is 0 Å². The maximum atomic E-state index is 9.90. The van der Waals surface area contributed by atoms with Crippen LogP contribution in [0.3, 0.4) is 0 Å². The van der Waals surface area contributed by atoms with Gasteiger partial charge in [0.05, 0.1) is 25.1 Å². The van der Waals surface area contributed by atoms with Crippen LogP contribution < -0.4 is 0 Å². The van der Waals surface area contributed by atoms with E-state index in [2.05, 4.69) is 42.3 Å². The number of aromatic nitrogens is 4. The minimum absolute atomic E-state index is 0.0175. The summed E-state index contributed by atoms with van der Waals surface area (Å²) >= 11 is 7.65. The fourth-order valence-electron chi connectivity index (χ4n) is 4.90. The second-order valence-corrected chi connectivity index (χ2v) is 16.0. The molecule has 1 N–H and O–H groups in total. The van der Waals surface area contributed by atoms with E-state index in [0.717, 1.165) is 25.7 Å². The maximum Gasteiger partial charge on any atom is 0.248 e. The Kier molecular flexibility index (Phi) is 5.92. The van der Waals surface area contributed by atoms with Crippen LogP contribution in [0.2, 0.25) is 0 Å². The van der Waals surface area contributed by atoms with Crippen LogP contribution in [0.5, 0.6) is 5.88 Å². The number of allylic oxidation sites excluding steroid dienone is 1. The smallest absolute Gasteiger partial charge is 0.248 e. The normalized spacial score (nSPS) is 39.4. The Morgan fingerprint density at radius 3 is 3.03 bits per heavy atom.